The van der Waals surface area contributed by atoms with Crippen LogP contribution in [0.1, 0.15) is 69.6 Å². The van der Waals surface area contributed by atoms with Gasteiger partial charge in [0.1, 0.15) is 74.2 Å². The van der Waals surface area contributed by atoms with Gasteiger partial charge in [-0.1, -0.05) is 125 Å². The first-order valence-corrected chi connectivity index (χ1v) is 25.0. The summed E-state index contributed by atoms with van der Waals surface area (Å²) in [5, 5.41) is 85.3. The standard InChI is InChI=1S/C52H72N2O18/c1-4-6-22-33-39(56)42(59)37(28-64-25-30-16-10-7-11-17-30)69-48(33)70-45-29(3)23-34(53-51(62)65-26-31-18-12-8-13-19-31)40(57)47(45)72-50-44(61)46(36(24-55)68-50)71-49-38(43(60)41(58)35(5-2)67-49)54-52(63)66-27-32-20-14-9-15-21-32/h7-21,29,33-50,55-61H,4-6,22-28H2,1-3H3,(H,53,62)(H,54,63). The van der Waals surface area contributed by atoms with Gasteiger partial charge in [0.2, 0.25) is 0 Å². The summed E-state index contributed by atoms with van der Waals surface area (Å²) in [5.41, 5.74) is 2.32. The van der Waals surface area contributed by atoms with Crippen LogP contribution < -0.4 is 10.6 Å². The van der Waals surface area contributed by atoms with E-state index in [0.717, 1.165) is 17.5 Å². The van der Waals surface area contributed by atoms with E-state index in [0.29, 0.717) is 18.4 Å². The molecule has 20 nitrogen and oxygen atoms in total. The van der Waals surface area contributed by atoms with E-state index >= 15 is 0 Å². The quantitative estimate of drug-likeness (QED) is 0.0741. The summed E-state index contributed by atoms with van der Waals surface area (Å²) in [4.78, 5) is 26.4. The Morgan fingerprint density at radius 3 is 1.69 bits per heavy atom. The van der Waals surface area contributed by atoms with E-state index in [1.807, 2.05) is 68.4 Å². The van der Waals surface area contributed by atoms with Crippen molar-refractivity contribution in [1.82, 2.24) is 10.6 Å². The lowest BCUT2D eigenvalue weighted by molar-refractivity contribution is -0.330. The lowest BCUT2D eigenvalue weighted by Crippen LogP contribution is -2.65. The van der Waals surface area contributed by atoms with Gasteiger partial charge in [-0.2, -0.15) is 0 Å². The van der Waals surface area contributed by atoms with Gasteiger partial charge in [-0.15, -0.1) is 0 Å². The van der Waals surface area contributed by atoms with E-state index in [1.54, 1.807) is 43.3 Å². The third-order valence-electron chi connectivity index (χ3n) is 13.8. The maximum absolute atomic E-state index is 13.3. The van der Waals surface area contributed by atoms with Gasteiger partial charge in [0.25, 0.3) is 0 Å². The lowest BCUT2D eigenvalue weighted by Gasteiger charge is -2.48. The van der Waals surface area contributed by atoms with Gasteiger partial charge in [-0.25, -0.2) is 9.59 Å². The number of nitrogens with one attached hydrogen (secondary N) is 2. The van der Waals surface area contributed by atoms with Crippen molar-refractivity contribution in [3.63, 3.8) is 0 Å². The van der Waals surface area contributed by atoms with Crippen LogP contribution in [0.2, 0.25) is 0 Å². The monoisotopic (exact) mass is 1010 g/mol. The number of benzene rings is 3. The number of unbranched alkanes of at least 4 members (excludes halogenated alkanes) is 1. The van der Waals surface area contributed by atoms with Crippen LogP contribution in [0.3, 0.4) is 0 Å². The fourth-order valence-corrected chi connectivity index (χ4v) is 9.76. The van der Waals surface area contributed by atoms with Crippen LogP contribution in [0.15, 0.2) is 91.0 Å². The third kappa shape index (κ3) is 14.1. The molecular formula is C52H72N2O18. The number of hydrogen-bond acceptors (Lipinski definition) is 18. The molecule has 3 aromatic carbocycles. The first kappa shape index (κ1) is 55.4. The number of amides is 2. The van der Waals surface area contributed by atoms with Gasteiger partial charge in [0.05, 0.1) is 44.2 Å². The maximum Gasteiger partial charge on any atom is 0.407 e. The molecule has 1 aliphatic carbocycles. The average molecular weight is 1010 g/mol. The Labute approximate surface area is 419 Å². The SMILES string of the molecule is CCCCC1C(OC2C(C)CC(NC(=O)OCc3ccccc3)C(O)C2OC2OC(CO)C(OC3OC(CC)C(O)C(O)C3NC(=O)OCc3ccccc3)C2O)OC(COCc2ccccc2)C(O)C1O. The molecule has 0 spiro atoms. The van der Waals surface area contributed by atoms with Crippen molar-refractivity contribution in [3.8, 4) is 0 Å². The Bertz CT molecular complexity index is 2080. The molecule has 3 aromatic rings. The summed E-state index contributed by atoms with van der Waals surface area (Å²) < 4.78 is 55.0. The molecule has 1 saturated carbocycles. The van der Waals surface area contributed by atoms with Crippen LogP contribution in [0.25, 0.3) is 0 Å². The molecule has 0 aromatic heterocycles. The van der Waals surface area contributed by atoms with Crippen LogP contribution in [-0.4, -0.2) is 165 Å². The number of aliphatic hydroxyl groups is 7. The van der Waals surface area contributed by atoms with Crippen molar-refractivity contribution in [2.24, 2.45) is 11.8 Å². The van der Waals surface area contributed by atoms with Crippen molar-refractivity contribution >= 4 is 12.2 Å². The fraction of sp³-hybridized carbons (Fsp3) is 0.615. The molecular weight excluding hydrogens is 941 g/mol. The molecule has 19 atom stereocenters. The van der Waals surface area contributed by atoms with Crippen LogP contribution in [0.5, 0.6) is 0 Å². The Morgan fingerprint density at radius 1 is 0.583 bits per heavy atom. The zero-order valence-electron chi connectivity index (χ0n) is 40.8. The first-order valence-electron chi connectivity index (χ1n) is 25.0. The summed E-state index contributed by atoms with van der Waals surface area (Å²) >= 11 is 0. The molecule has 19 unspecified atom stereocenters. The smallest absolute Gasteiger partial charge is 0.407 e. The van der Waals surface area contributed by atoms with E-state index in [9.17, 15) is 45.3 Å². The molecule has 4 aliphatic rings. The number of carbonyl (C=O) groups is 2. The maximum atomic E-state index is 13.3. The van der Waals surface area contributed by atoms with Crippen LogP contribution in [0, 0.1) is 11.8 Å². The van der Waals surface area contributed by atoms with E-state index in [1.165, 1.54) is 0 Å². The van der Waals surface area contributed by atoms with Gasteiger partial charge in [0, 0.05) is 5.92 Å². The first-order chi connectivity index (χ1) is 34.8. The number of hydrogen-bond donors (Lipinski definition) is 9. The highest BCUT2D eigenvalue weighted by molar-refractivity contribution is 5.68. The van der Waals surface area contributed by atoms with Gasteiger partial charge < -0.3 is 89.0 Å². The molecule has 7 rings (SSSR count). The number of alkyl carbamates (subject to hydrolysis) is 2. The molecule has 72 heavy (non-hydrogen) atoms. The predicted octanol–water partition coefficient (Wildman–Crippen LogP) is 2.54. The van der Waals surface area contributed by atoms with Crippen molar-refractivity contribution in [1.29, 1.82) is 0 Å². The minimum atomic E-state index is -1.74. The number of ether oxygens (including phenoxy) is 9. The lowest BCUT2D eigenvalue weighted by atomic mass is 9.79. The third-order valence-corrected chi connectivity index (χ3v) is 13.8. The number of aliphatic hydroxyl groups excluding tert-OH is 7. The summed E-state index contributed by atoms with van der Waals surface area (Å²) in [6.45, 7) is 4.75. The van der Waals surface area contributed by atoms with Crippen LogP contribution >= 0.6 is 0 Å². The predicted molar refractivity (Wildman–Crippen MR) is 254 cm³/mol. The highest BCUT2D eigenvalue weighted by Gasteiger charge is 2.55. The summed E-state index contributed by atoms with van der Waals surface area (Å²) in [6, 6.07) is 24.9. The molecule has 2 amide bonds. The second-order valence-electron chi connectivity index (χ2n) is 19.0. The fourth-order valence-electron chi connectivity index (χ4n) is 9.76. The van der Waals surface area contributed by atoms with Crippen LogP contribution in [-0.2, 0) is 62.5 Å². The molecule has 9 N–H and O–H groups in total. The van der Waals surface area contributed by atoms with E-state index in [4.69, 9.17) is 42.6 Å². The number of carbonyl (C=O) groups excluding carboxylic acids is 2. The highest BCUT2D eigenvalue weighted by atomic mass is 16.8. The van der Waals surface area contributed by atoms with Gasteiger partial charge >= 0.3 is 12.2 Å². The van der Waals surface area contributed by atoms with E-state index in [-0.39, 0.29) is 39.3 Å². The average Bonchev–Trinajstić information content (AvgIpc) is 3.69. The Kier molecular flexibility index (Phi) is 20.6. The Hall–Kier alpha value is -4.36. The summed E-state index contributed by atoms with van der Waals surface area (Å²) in [5.74, 6) is -1.27. The van der Waals surface area contributed by atoms with E-state index < -0.39 is 135 Å². The molecule has 3 heterocycles. The molecule has 3 saturated heterocycles. The second-order valence-corrected chi connectivity index (χ2v) is 19.0. The van der Waals surface area contributed by atoms with Crippen LogP contribution in [0.4, 0.5) is 9.59 Å². The molecule has 398 valence electrons. The summed E-state index contributed by atoms with van der Waals surface area (Å²) in [6.07, 6.45) is -20.2. The van der Waals surface area contributed by atoms with Gasteiger partial charge in [0.15, 0.2) is 18.9 Å². The minimum absolute atomic E-state index is 0.0454. The topological polar surface area (TPSA) is 283 Å². The number of rotatable bonds is 21. The Balaban J connectivity index is 1.11. The highest BCUT2D eigenvalue weighted by Crippen LogP contribution is 2.39. The summed E-state index contributed by atoms with van der Waals surface area (Å²) in [7, 11) is 0. The zero-order chi connectivity index (χ0) is 51.3. The minimum Gasteiger partial charge on any atom is -0.445 e. The van der Waals surface area contributed by atoms with Crippen molar-refractivity contribution < 1.29 is 88.0 Å². The molecule has 20 heteroatoms. The normalized spacial score (nSPS) is 35.8. The van der Waals surface area contributed by atoms with Gasteiger partial charge in [-0.05, 0) is 41.9 Å². The van der Waals surface area contributed by atoms with E-state index in [2.05, 4.69) is 10.6 Å². The molecule has 4 fully saturated rings. The van der Waals surface area contributed by atoms with Crippen molar-refractivity contribution in [2.45, 2.75) is 177 Å². The largest absolute Gasteiger partial charge is 0.445 e. The second kappa shape index (κ2) is 26.7. The van der Waals surface area contributed by atoms with Gasteiger partial charge in [-0.3, -0.25) is 0 Å². The van der Waals surface area contributed by atoms with Crippen molar-refractivity contribution in [3.05, 3.63) is 108 Å². The molecule has 0 radical (unpaired) electrons. The molecule has 0 bridgehead atoms. The zero-order valence-corrected chi connectivity index (χ0v) is 40.8. The molecule has 3 aliphatic heterocycles. The van der Waals surface area contributed by atoms with Crippen molar-refractivity contribution in [2.75, 3.05) is 13.2 Å². The Morgan fingerprint density at radius 2 is 1.11 bits per heavy atom.